The minimum absolute atomic E-state index is 0.00858. The lowest BCUT2D eigenvalue weighted by Crippen LogP contribution is -2.61. The second-order valence-electron chi connectivity index (χ2n) is 12.2. The van der Waals surface area contributed by atoms with E-state index < -0.39 is 67.3 Å². The van der Waals surface area contributed by atoms with Crippen molar-refractivity contribution in [2.45, 2.75) is 68.6 Å². The molecule has 1 aliphatic carbocycles. The molecule has 9 atom stereocenters. The van der Waals surface area contributed by atoms with Crippen molar-refractivity contribution in [2.75, 3.05) is 47.1 Å². The Balaban J connectivity index is 1.53. The molecule has 2 aromatic rings. The largest absolute Gasteiger partial charge is 0.497 e. The molecule has 1 aliphatic heterocycles. The third kappa shape index (κ3) is 10.5. The minimum Gasteiger partial charge on any atom is -0.497 e. The lowest BCUT2D eigenvalue weighted by atomic mass is 9.75. The van der Waals surface area contributed by atoms with Crippen LogP contribution in [0.3, 0.4) is 0 Å². The molecule has 1 saturated carbocycles. The van der Waals surface area contributed by atoms with Gasteiger partial charge in [0, 0.05) is 24.5 Å². The smallest absolute Gasteiger partial charge is 0.224 e. The number of azide groups is 1. The zero-order chi connectivity index (χ0) is 36.0. The van der Waals surface area contributed by atoms with Gasteiger partial charge in [-0.15, -0.1) is 0 Å². The summed E-state index contributed by atoms with van der Waals surface area (Å²) in [6.45, 7) is -0.120. The lowest BCUT2D eigenvalue weighted by Gasteiger charge is -2.44. The van der Waals surface area contributed by atoms with E-state index in [2.05, 4.69) is 20.7 Å². The van der Waals surface area contributed by atoms with Gasteiger partial charge in [-0.25, -0.2) is 0 Å². The van der Waals surface area contributed by atoms with Gasteiger partial charge >= 0.3 is 0 Å². The van der Waals surface area contributed by atoms with E-state index in [4.69, 9.17) is 29.2 Å². The molecule has 16 heteroatoms. The van der Waals surface area contributed by atoms with E-state index in [0.29, 0.717) is 30.9 Å². The number of hydrogen-bond acceptors (Lipinski definition) is 12. The first-order chi connectivity index (χ1) is 24.2. The molecule has 0 unspecified atom stereocenters. The monoisotopic (exact) mass is 701 g/mol. The van der Waals surface area contributed by atoms with E-state index >= 15 is 0 Å². The van der Waals surface area contributed by atoms with Crippen LogP contribution < -0.4 is 20.1 Å². The Morgan fingerprint density at radius 2 is 1.44 bits per heavy atom. The molecular formula is C34H47N5O11. The van der Waals surface area contributed by atoms with Crippen LogP contribution in [0.4, 0.5) is 0 Å². The van der Waals surface area contributed by atoms with Crippen molar-refractivity contribution >= 4 is 11.8 Å². The molecule has 2 aliphatic rings. The maximum Gasteiger partial charge on any atom is 0.224 e. The van der Waals surface area contributed by atoms with Gasteiger partial charge in [0.25, 0.3) is 0 Å². The standard InChI is InChI=1S/C34H47N5O11/c1-46-22-7-3-5-20(15-22)9-11-36-32(44)24-17-26(48-14-13-38-39-35)27(49-34-31(43)30(42)29(41)28(19-40)50-34)18-25(24)33(45)37-12-10-21-6-4-8-23(16-21)47-2/h3-8,15-16,24-31,34,40-43H,9-14,17-19H2,1-2H3,(H,36,44)(H,37,45)/t24-,25-,26-,27-,28+,29+,30-,31-,34-/m0/s1. The van der Waals surface area contributed by atoms with Crippen molar-refractivity contribution in [1.82, 2.24) is 10.6 Å². The highest BCUT2D eigenvalue weighted by Crippen LogP contribution is 2.36. The Labute approximate surface area is 290 Å². The van der Waals surface area contributed by atoms with Crippen LogP contribution in [0.1, 0.15) is 24.0 Å². The second-order valence-corrected chi connectivity index (χ2v) is 12.2. The van der Waals surface area contributed by atoms with E-state index in [1.807, 2.05) is 48.5 Å². The Morgan fingerprint density at radius 3 is 1.96 bits per heavy atom. The number of aliphatic hydroxyl groups excluding tert-OH is 4. The number of nitrogens with zero attached hydrogens (tertiary/aromatic N) is 3. The summed E-state index contributed by atoms with van der Waals surface area (Å²) >= 11 is 0. The molecule has 50 heavy (non-hydrogen) atoms. The molecule has 274 valence electrons. The number of amides is 2. The van der Waals surface area contributed by atoms with Gasteiger partial charge in [0.2, 0.25) is 11.8 Å². The first-order valence-electron chi connectivity index (χ1n) is 16.6. The van der Waals surface area contributed by atoms with Gasteiger partial charge in [0.05, 0.1) is 51.5 Å². The fourth-order valence-electron chi connectivity index (χ4n) is 6.25. The SMILES string of the molecule is COc1cccc(CCNC(=O)[C@H]2C[C@H](OCCN=[N+]=[N-])[C@@H](O[C@H]3O[C@H](CO)[C@@H](O)[C@H](O)[C@@H]3O)C[C@@H]2C(=O)NCCc2cccc(OC)c2)c1. The van der Waals surface area contributed by atoms with E-state index in [1.54, 1.807) is 14.2 Å². The maximum absolute atomic E-state index is 13.8. The summed E-state index contributed by atoms with van der Waals surface area (Å²) in [5.41, 5.74) is 10.6. The maximum atomic E-state index is 13.8. The highest BCUT2D eigenvalue weighted by atomic mass is 16.7. The predicted molar refractivity (Wildman–Crippen MR) is 178 cm³/mol. The Hall–Kier alpha value is -3.99. The predicted octanol–water partition coefficient (Wildman–Crippen LogP) is 0.628. The third-order valence-electron chi connectivity index (χ3n) is 8.98. The van der Waals surface area contributed by atoms with Gasteiger partial charge in [-0.2, -0.15) is 0 Å². The number of aliphatic hydroxyl groups is 4. The normalized spacial score (nSPS) is 27.8. The summed E-state index contributed by atoms with van der Waals surface area (Å²) in [5.74, 6) is -1.13. The van der Waals surface area contributed by atoms with Gasteiger partial charge in [-0.05, 0) is 66.6 Å². The minimum atomic E-state index is -1.69. The second kappa shape index (κ2) is 19.4. The van der Waals surface area contributed by atoms with E-state index in [0.717, 1.165) is 11.1 Å². The van der Waals surface area contributed by atoms with Gasteiger partial charge in [0.1, 0.15) is 35.9 Å². The van der Waals surface area contributed by atoms with Crippen molar-refractivity contribution in [2.24, 2.45) is 17.0 Å². The van der Waals surface area contributed by atoms with Crippen LogP contribution >= 0.6 is 0 Å². The Morgan fingerprint density at radius 1 is 0.880 bits per heavy atom. The van der Waals surface area contributed by atoms with Crippen molar-refractivity contribution < 1.29 is 53.7 Å². The average molecular weight is 702 g/mol. The van der Waals surface area contributed by atoms with Gasteiger partial charge in [-0.1, -0.05) is 29.4 Å². The van der Waals surface area contributed by atoms with Crippen LogP contribution in [-0.2, 0) is 36.6 Å². The zero-order valence-electron chi connectivity index (χ0n) is 28.2. The molecule has 2 amide bonds. The Bertz CT molecular complexity index is 1440. The van der Waals surface area contributed by atoms with E-state index in [1.165, 1.54) is 0 Å². The first kappa shape index (κ1) is 38.8. The molecule has 0 aromatic heterocycles. The quantitative estimate of drug-likeness (QED) is 0.0579. The summed E-state index contributed by atoms with van der Waals surface area (Å²) in [5, 5.41) is 50.4. The summed E-state index contributed by atoms with van der Waals surface area (Å²) in [4.78, 5) is 30.3. The molecule has 2 aromatic carbocycles. The Kier molecular flexibility index (Phi) is 15.1. The molecule has 1 heterocycles. The van der Waals surface area contributed by atoms with Crippen molar-refractivity contribution in [3.05, 3.63) is 70.1 Å². The number of carbonyl (C=O) groups is 2. The highest BCUT2D eigenvalue weighted by Gasteiger charge is 2.49. The van der Waals surface area contributed by atoms with Crippen LogP contribution in [0.15, 0.2) is 53.6 Å². The third-order valence-corrected chi connectivity index (χ3v) is 8.98. The number of methoxy groups -OCH3 is 2. The number of ether oxygens (including phenoxy) is 5. The van der Waals surface area contributed by atoms with Gasteiger partial charge < -0.3 is 54.7 Å². The van der Waals surface area contributed by atoms with Crippen molar-refractivity contribution in [1.29, 1.82) is 0 Å². The van der Waals surface area contributed by atoms with Gasteiger partial charge in [0.15, 0.2) is 6.29 Å². The first-order valence-corrected chi connectivity index (χ1v) is 16.6. The van der Waals surface area contributed by atoms with Crippen LogP contribution in [-0.4, -0.2) is 122 Å². The molecular weight excluding hydrogens is 654 g/mol. The number of carbonyl (C=O) groups excluding carboxylic acids is 2. The number of hydrogen-bond donors (Lipinski definition) is 6. The number of benzene rings is 2. The van der Waals surface area contributed by atoms with Crippen LogP contribution in [0.5, 0.6) is 11.5 Å². The molecule has 2 fully saturated rings. The average Bonchev–Trinajstić information content (AvgIpc) is 3.13. The summed E-state index contributed by atoms with van der Waals surface area (Å²) in [6, 6.07) is 14.9. The number of rotatable bonds is 17. The lowest BCUT2D eigenvalue weighted by molar-refractivity contribution is -0.321. The summed E-state index contributed by atoms with van der Waals surface area (Å²) in [7, 11) is 3.15. The fourth-order valence-corrected chi connectivity index (χ4v) is 6.25. The summed E-state index contributed by atoms with van der Waals surface area (Å²) in [6.07, 6.45) is -8.45. The van der Waals surface area contributed by atoms with Crippen LogP contribution in [0, 0.1) is 11.8 Å². The molecule has 16 nitrogen and oxygen atoms in total. The molecule has 0 radical (unpaired) electrons. The number of nitrogens with one attached hydrogen (secondary N) is 2. The summed E-state index contributed by atoms with van der Waals surface area (Å²) < 4.78 is 28.3. The molecule has 0 bridgehead atoms. The molecule has 6 N–H and O–H groups in total. The highest BCUT2D eigenvalue weighted by molar-refractivity contribution is 5.88. The molecule has 0 spiro atoms. The fraction of sp³-hybridized carbons (Fsp3) is 0.588. The van der Waals surface area contributed by atoms with Gasteiger partial charge in [-0.3, -0.25) is 9.59 Å². The topological polar surface area (TPSA) is 234 Å². The van der Waals surface area contributed by atoms with Crippen LogP contribution in [0.25, 0.3) is 10.4 Å². The van der Waals surface area contributed by atoms with E-state index in [-0.39, 0.29) is 38.4 Å². The van der Waals surface area contributed by atoms with Crippen molar-refractivity contribution in [3.8, 4) is 11.5 Å². The zero-order valence-corrected chi connectivity index (χ0v) is 28.2. The van der Waals surface area contributed by atoms with Crippen LogP contribution in [0.2, 0.25) is 0 Å². The van der Waals surface area contributed by atoms with Crippen molar-refractivity contribution in [3.63, 3.8) is 0 Å². The molecule has 1 saturated heterocycles. The van der Waals surface area contributed by atoms with E-state index in [9.17, 15) is 30.0 Å². The molecule has 4 rings (SSSR count).